The van der Waals surface area contributed by atoms with Crippen LogP contribution in [0.2, 0.25) is 0 Å². The van der Waals surface area contributed by atoms with Crippen molar-refractivity contribution in [1.29, 1.82) is 0 Å². The van der Waals surface area contributed by atoms with Crippen LogP contribution in [-0.2, 0) is 16.1 Å². The highest BCUT2D eigenvalue weighted by Gasteiger charge is 2.56. The molecule has 184 valence electrons. The van der Waals surface area contributed by atoms with Gasteiger partial charge in [0.1, 0.15) is 0 Å². The average molecular weight is 476 g/mol. The molecule has 2 N–H and O–H groups in total. The Bertz CT molecular complexity index is 1220. The molecule has 1 aliphatic carbocycles. The summed E-state index contributed by atoms with van der Waals surface area (Å²) >= 11 is 0. The SMILES string of the molecule is CC(=O)N1[C@@H]2Cn3c(ccc(C4=CCCCC4)c3=O)[C@H]1[C@@H](C(=O)N[C@@H](C)c1ccccc1)[C@@H]2CO. The fourth-order valence-corrected chi connectivity index (χ4v) is 6.30. The number of aliphatic hydroxyl groups excluding tert-OH is 1. The number of hydrogen-bond donors (Lipinski definition) is 2. The molecule has 0 radical (unpaired) electrons. The van der Waals surface area contributed by atoms with Crippen LogP contribution in [-0.4, -0.2) is 39.0 Å². The topological polar surface area (TPSA) is 91.6 Å². The lowest BCUT2D eigenvalue weighted by molar-refractivity contribution is -0.134. The first-order chi connectivity index (χ1) is 16.9. The van der Waals surface area contributed by atoms with Crippen LogP contribution < -0.4 is 10.9 Å². The van der Waals surface area contributed by atoms with E-state index >= 15 is 0 Å². The summed E-state index contributed by atoms with van der Waals surface area (Å²) in [5.41, 5.74) is 3.38. The smallest absolute Gasteiger partial charge is 0.258 e. The Hall–Kier alpha value is -3.19. The van der Waals surface area contributed by atoms with Crippen LogP contribution >= 0.6 is 0 Å². The monoisotopic (exact) mass is 475 g/mol. The molecular weight excluding hydrogens is 442 g/mol. The molecule has 2 bridgehead atoms. The molecule has 2 amide bonds. The number of amides is 2. The molecular formula is C28H33N3O4. The van der Waals surface area contributed by atoms with Crippen molar-refractivity contribution in [3.63, 3.8) is 0 Å². The molecule has 3 aliphatic rings. The zero-order chi connectivity index (χ0) is 24.7. The molecule has 2 aromatic rings. The van der Waals surface area contributed by atoms with Crippen LogP contribution in [0.1, 0.15) is 68.4 Å². The molecule has 0 unspecified atom stereocenters. The summed E-state index contributed by atoms with van der Waals surface area (Å²) in [5.74, 6) is -1.46. The van der Waals surface area contributed by atoms with Gasteiger partial charge in [0.05, 0.1) is 24.0 Å². The van der Waals surface area contributed by atoms with Crippen LogP contribution in [0, 0.1) is 11.8 Å². The minimum absolute atomic E-state index is 0.0655. The fraction of sp³-hybridized carbons (Fsp3) is 0.464. The van der Waals surface area contributed by atoms with E-state index in [0.29, 0.717) is 11.3 Å². The third kappa shape index (κ3) is 4.01. The number of allylic oxidation sites excluding steroid dienone is 2. The van der Waals surface area contributed by atoms with Crippen LogP contribution in [0.15, 0.2) is 53.3 Å². The molecule has 0 spiro atoms. The Kier molecular flexibility index (Phi) is 6.36. The van der Waals surface area contributed by atoms with Crippen molar-refractivity contribution in [2.75, 3.05) is 6.61 Å². The van der Waals surface area contributed by atoms with E-state index in [1.807, 2.05) is 49.4 Å². The van der Waals surface area contributed by atoms with Crippen LogP contribution in [0.3, 0.4) is 0 Å². The first-order valence-electron chi connectivity index (χ1n) is 12.6. The zero-order valence-electron chi connectivity index (χ0n) is 20.3. The van der Waals surface area contributed by atoms with E-state index in [2.05, 4.69) is 11.4 Å². The number of aromatic nitrogens is 1. The second kappa shape index (κ2) is 9.46. The Labute approximate surface area is 205 Å². The van der Waals surface area contributed by atoms with E-state index in [9.17, 15) is 19.5 Å². The maximum Gasteiger partial charge on any atom is 0.258 e. The maximum absolute atomic E-state index is 13.7. The van der Waals surface area contributed by atoms with Crippen molar-refractivity contribution in [2.24, 2.45) is 11.8 Å². The third-order valence-electron chi connectivity index (χ3n) is 8.01. The molecule has 1 aromatic heterocycles. The van der Waals surface area contributed by atoms with Gasteiger partial charge in [0.2, 0.25) is 11.8 Å². The van der Waals surface area contributed by atoms with Gasteiger partial charge >= 0.3 is 0 Å². The number of benzene rings is 1. The zero-order valence-corrected chi connectivity index (χ0v) is 20.3. The van der Waals surface area contributed by atoms with E-state index in [1.165, 1.54) is 6.92 Å². The Morgan fingerprint density at radius 3 is 2.57 bits per heavy atom. The van der Waals surface area contributed by atoms with Gasteiger partial charge in [0, 0.05) is 37.3 Å². The number of nitrogens with zero attached hydrogens (tertiary/aromatic N) is 2. The predicted octanol–water partition coefficient (Wildman–Crippen LogP) is 3.19. The standard InChI is InChI=1S/C28H33N3O4/c1-17(19-9-5-3-6-10-19)29-27(34)25-22(16-32)24-15-30-23(26(25)31(24)18(2)33)14-13-21(28(30)35)20-11-7-4-8-12-20/h3,5-6,9-11,13-14,17,22,24-26,32H,4,7-8,12,15-16H2,1-2H3,(H,29,34)/t17-,22+,24+,25-,26-/m0/s1. The highest BCUT2D eigenvalue weighted by molar-refractivity contribution is 5.84. The van der Waals surface area contributed by atoms with E-state index in [1.54, 1.807) is 9.47 Å². The normalized spacial score (nSPS) is 26.0. The third-order valence-corrected chi connectivity index (χ3v) is 8.01. The van der Waals surface area contributed by atoms with Gasteiger partial charge in [-0.05, 0) is 55.9 Å². The molecule has 1 aromatic carbocycles. The minimum Gasteiger partial charge on any atom is -0.396 e. The van der Waals surface area contributed by atoms with Gasteiger partial charge < -0.3 is 19.9 Å². The molecule has 1 saturated heterocycles. The lowest BCUT2D eigenvalue weighted by Gasteiger charge is -2.38. The van der Waals surface area contributed by atoms with Crippen molar-refractivity contribution in [3.8, 4) is 0 Å². The lowest BCUT2D eigenvalue weighted by atomic mass is 9.86. The molecule has 35 heavy (non-hydrogen) atoms. The molecule has 7 nitrogen and oxygen atoms in total. The number of carbonyl (C=O) groups excluding carboxylic acids is 2. The maximum atomic E-state index is 13.7. The summed E-state index contributed by atoms with van der Waals surface area (Å²) < 4.78 is 1.75. The van der Waals surface area contributed by atoms with Gasteiger partial charge in [-0.1, -0.05) is 36.4 Å². The Balaban J connectivity index is 1.54. The summed E-state index contributed by atoms with van der Waals surface area (Å²) in [6.07, 6.45) is 6.25. The van der Waals surface area contributed by atoms with Crippen molar-refractivity contribution in [3.05, 3.63) is 75.7 Å². The van der Waals surface area contributed by atoms with Crippen molar-refractivity contribution in [2.45, 2.75) is 64.2 Å². The summed E-state index contributed by atoms with van der Waals surface area (Å²) in [4.78, 5) is 41.7. The lowest BCUT2D eigenvalue weighted by Crippen LogP contribution is -2.48. The molecule has 2 aliphatic heterocycles. The van der Waals surface area contributed by atoms with Crippen LogP contribution in [0.5, 0.6) is 0 Å². The number of aliphatic hydroxyl groups is 1. The Morgan fingerprint density at radius 2 is 1.91 bits per heavy atom. The van der Waals surface area contributed by atoms with Gasteiger partial charge in [-0.25, -0.2) is 0 Å². The first kappa shape index (κ1) is 23.5. The summed E-state index contributed by atoms with van der Waals surface area (Å²) in [5, 5.41) is 13.5. The van der Waals surface area contributed by atoms with Crippen molar-refractivity contribution >= 4 is 17.4 Å². The van der Waals surface area contributed by atoms with E-state index in [0.717, 1.165) is 36.8 Å². The van der Waals surface area contributed by atoms with Gasteiger partial charge in [0.15, 0.2) is 0 Å². The number of nitrogens with one attached hydrogen (secondary N) is 1. The highest BCUT2D eigenvalue weighted by Crippen LogP contribution is 2.48. The minimum atomic E-state index is -0.645. The molecule has 1 fully saturated rings. The second-order valence-corrected chi connectivity index (χ2v) is 10.0. The van der Waals surface area contributed by atoms with E-state index in [-0.39, 0.29) is 36.6 Å². The van der Waals surface area contributed by atoms with Crippen molar-refractivity contribution in [1.82, 2.24) is 14.8 Å². The first-order valence-corrected chi connectivity index (χ1v) is 12.6. The van der Waals surface area contributed by atoms with Crippen LogP contribution in [0.25, 0.3) is 5.57 Å². The van der Waals surface area contributed by atoms with Gasteiger partial charge in [-0.3, -0.25) is 14.4 Å². The largest absolute Gasteiger partial charge is 0.396 e. The number of rotatable bonds is 5. The molecule has 5 atom stereocenters. The summed E-state index contributed by atoms with van der Waals surface area (Å²) in [6.45, 7) is 3.47. The number of hydrogen-bond acceptors (Lipinski definition) is 4. The molecule has 7 heteroatoms. The van der Waals surface area contributed by atoms with Crippen LogP contribution in [0.4, 0.5) is 0 Å². The Morgan fingerprint density at radius 1 is 1.14 bits per heavy atom. The van der Waals surface area contributed by atoms with E-state index < -0.39 is 23.9 Å². The summed E-state index contributed by atoms with van der Waals surface area (Å²) in [7, 11) is 0. The quantitative estimate of drug-likeness (QED) is 0.695. The molecule has 0 saturated carbocycles. The molecule has 3 heterocycles. The van der Waals surface area contributed by atoms with Gasteiger partial charge in [0.25, 0.3) is 5.56 Å². The second-order valence-electron chi connectivity index (χ2n) is 10.0. The van der Waals surface area contributed by atoms with Crippen molar-refractivity contribution < 1.29 is 14.7 Å². The number of carbonyl (C=O) groups is 2. The fourth-order valence-electron chi connectivity index (χ4n) is 6.30. The van der Waals surface area contributed by atoms with Gasteiger partial charge in [-0.15, -0.1) is 0 Å². The summed E-state index contributed by atoms with van der Waals surface area (Å²) in [6, 6.07) is 12.2. The molecule has 5 rings (SSSR count). The predicted molar refractivity (Wildman–Crippen MR) is 133 cm³/mol. The highest BCUT2D eigenvalue weighted by atomic mass is 16.3. The average Bonchev–Trinajstić information content (AvgIpc) is 3.12. The number of fused-ring (bicyclic) bond motifs is 4. The number of pyridine rings is 1. The van der Waals surface area contributed by atoms with Gasteiger partial charge in [-0.2, -0.15) is 0 Å². The van der Waals surface area contributed by atoms with E-state index in [4.69, 9.17) is 0 Å².